The zero-order chi connectivity index (χ0) is 8.65. The molecule has 60 valence electrons. The molecule has 1 saturated heterocycles. The first-order chi connectivity index (χ1) is 4.93. The van der Waals surface area contributed by atoms with Gasteiger partial charge in [-0.05, 0) is 6.42 Å². The Balaban J connectivity index is 2.84. The van der Waals surface area contributed by atoms with Crippen LogP contribution >= 0.6 is 0 Å². The molecule has 0 aromatic heterocycles. The maximum atomic E-state index is 11.2. The summed E-state index contributed by atoms with van der Waals surface area (Å²) >= 11 is 0. The van der Waals surface area contributed by atoms with Gasteiger partial charge >= 0.3 is 0 Å². The van der Waals surface area contributed by atoms with Crippen LogP contribution in [0.25, 0.3) is 0 Å². The smallest absolute Gasteiger partial charge is 0.219 e. The summed E-state index contributed by atoms with van der Waals surface area (Å²) in [5.74, 6) is 0.186. The maximum absolute atomic E-state index is 11.2. The van der Waals surface area contributed by atoms with Gasteiger partial charge in [0.2, 0.25) is 7.28 Å². The minimum atomic E-state index is -0.408. The molecule has 2 nitrogen and oxygen atoms in total. The number of carbonyl (C=O) groups excluding carboxylic acids is 2. The number of hydrogen-bond donors (Lipinski definition) is 0. The monoisotopic (exact) mass is 152 g/mol. The molecule has 1 heterocycles. The summed E-state index contributed by atoms with van der Waals surface area (Å²) in [4.78, 5) is 22.3. The third kappa shape index (κ3) is 1.52. The lowest BCUT2D eigenvalue weighted by molar-refractivity contribution is -0.139. The molecule has 3 heteroatoms. The lowest BCUT2D eigenvalue weighted by atomic mass is 9.49. The van der Waals surface area contributed by atoms with E-state index in [1.54, 1.807) is 0 Å². The van der Waals surface area contributed by atoms with Crippen LogP contribution in [0.1, 0.15) is 27.2 Å². The van der Waals surface area contributed by atoms with Crippen LogP contribution in [0.2, 0.25) is 5.82 Å². The average Bonchev–Trinajstić information content (AvgIpc) is 1.81. The SMILES string of the molecule is CC1BC(=O)C(=O)C(C)(C)C1. The lowest BCUT2D eigenvalue weighted by Gasteiger charge is -2.30. The second-order valence-corrected chi connectivity index (χ2v) is 4.15. The van der Waals surface area contributed by atoms with Gasteiger partial charge < -0.3 is 4.79 Å². The van der Waals surface area contributed by atoms with E-state index in [2.05, 4.69) is 0 Å². The van der Waals surface area contributed by atoms with Gasteiger partial charge in [-0.15, -0.1) is 0 Å². The molecule has 0 radical (unpaired) electrons. The number of ketones is 1. The van der Waals surface area contributed by atoms with Crippen molar-refractivity contribution in [3.8, 4) is 0 Å². The Hall–Kier alpha value is -0.595. The summed E-state index contributed by atoms with van der Waals surface area (Å²) < 4.78 is 0. The van der Waals surface area contributed by atoms with E-state index in [1.807, 2.05) is 20.8 Å². The highest BCUT2D eigenvalue weighted by Gasteiger charge is 2.39. The Bertz CT molecular complexity index is 208. The summed E-state index contributed by atoms with van der Waals surface area (Å²) in [6.45, 7) is 5.72. The van der Waals surface area contributed by atoms with Gasteiger partial charge in [0, 0.05) is 5.41 Å². The molecule has 1 rings (SSSR count). The van der Waals surface area contributed by atoms with E-state index in [4.69, 9.17) is 0 Å². The fraction of sp³-hybridized carbons (Fsp3) is 0.750. The van der Waals surface area contributed by atoms with Crippen LogP contribution in [0.15, 0.2) is 0 Å². The van der Waals surface area contributed by atoms with Crippen LogP contribution in [-0.4, -0.2) is 18.7 Å². The van der Waals surface area contributed by atoms with Crippen molar-refractivity contribution in [2.24, 2.45) is 5.41 Å². The van der Waals surface area contributed by atoms with Gasteiger partial charge in [0.1, 0.15) is 0 Å². The average molecular weight is 152 g/mol. The minimum absolute atomic E-state index is 0.185. The highest BCUT2D eigenvalue weighted by atomic mass is 16.2. The van der Waals surface area contributed by atoms with Crippen molar-refractivity contribution < 1.29 is 9.59 Å². The van der Waals surface area contributed by atoms with Crippen LogP contribution < -0.4 is 0 Å². The van der Waals surface area contributed by atoms with E-state index < -0.39 is 5.41 Å². The van der Waals surface area contributed by atoms with Gasteiger partial charge in [0.15, 0.2) is 11.5 Å². The Morgan fingerprint density at radius 3 is 2.45 bits per heavy atom. The number of rotatable bonds is 0. The molecule has 0 aromatic carbocycles. The van der Waals surface area contributed by atoms with Gasteiger partial charge in [0.25, 0.3) is 0 Å². The Kier molecular flexibility index (Phi) is 1.91. The van der Waals surface area contributed by atoms with E-state index in [9.17, 15) is 9.59 Å². The number of Topliss-reactive ketones (excluding diaryl/α,β-unsaturated/α-hetero) is 1. The molecule has 1 atom stereocenters. The van der Waals surface area contributed by atoms with Crippen molar-refractivity contribution in [1.82, 2.24) is 0 Å². The Labute approximate surface area is 67.6 Å². The van der Waals surface area contributed by atoms with E-state index in [0.29, 0.717) is 13.1 Å². The fourth-order valence-electron chi connectivity index (χ4n) is 1.82. The van der Waals surface area contributed by atoms with Crippen molar-refractivity contribution >= 4 is 18.7 Å². The van der Waals surface area contributed by atoms with E-state index in [-0.39, 0.29) is 11.5 Å². The second-order valence-electron chi connectivity index (χ2n) is 4.15. The van der Waals surface area contributed by atoms with Crippen molar-refractivity contribution in [2.45, 2.75) is 33.0 Å². The normalized spacial score (nSPS) is 29.9. The standard InChI is InChI=1S/C8H13BO2/c1-5-4-8(2,3)6(10)7(11)9-5/h5,9H,4H2,1-3H3. The Morgan fingerprint density at radius 2 is 2.00 bits per heavy atom. The van der Waals surface area contributed by atoms with Gasteiger partial charge in [-0.25, -0.2) is 0 Å². The summed E-state index contributed by atoms with van der Waals surface area (Å²) in [5.41, 5.74) is -0.594. The first kappa shape index (κ1) is 8.50. The molecular formula is C8H13BO2. The van der Waals surface area contributed by atoms with Crippen LogP contribution in [0, 0.1) is 5.41 Å². The molecule has 1 unspecified atom stereocenters. The van der Waals surface area contributed by atoms with Crippen LogP contribution in [0.4, 0.5) is 0 Å². The van der Waals surface area contributed by atoms with E-state index >= 15 is 0 Å². The zero-order valence-electron chi connectivity index (χ0n) is 7.31. The predicted molar refractivity (Wildman–Crippen MR) is 45.0 cm³/mol. The maximum Gasteiger partial charge on any atom is 0.219 e. The van der Waals surface area contributed by atoms with Crippen molar-refractivity contribution in [1.29, 1.82) is 0 Å². The van der Waals surface area contributed by atoms with Crippen molar-refractivity contribution in [3.63, 3.8) is 0 Å². The molecule has 0 amide bonds. The molecule has 0 saturated carbocycles. The zero-order valence-corrected chi connectivity index (χ0v) is 7.31. The van der Waals surface area contributed by atoms with Crippen LogP contribution in [0.5, 0.6) is 0 Å². The van der Waals surface area contributed by atoms with Gasteiger partial charge in [-0.3, -0.25) is 4.79 Å². The van der Waals surface area contributed by atoms with Crippen molar-refractivity contribution in [3.05, 3.63) is 0 Å². The minimum Gasteiger partial charge on any atom is -0.303 e. The number of carbonyl (C=O) groups is 2. The summed E-state index contributed by atoms with van der Waals surface area (Å²) in [5, 5.41) is 0. The molecular weight excluding hydrogens is 139 g/mol. The van der Waals surface area contributed by atoms with E-state index in [1.165, 1.54) is 0 Å². The molecule has 1 aliphatic heterocycles. The largest absolute Gasteiger partial charge is 0.303 e. The summed E-state index contributed by atoms with van der Waals surface area (Å²) in [6.07, 6.45) is 0.845. The quantitative estimate of drug-likeness (QED) is 0.379. The molecule has 0 bridgehead atoms. The summed E-state index contributed by atoms with van der Waals surface area (Å²) in [6, 6.07) is 0. The molecule has 1 aliphatic rings. The number of hydrogen-bond acceptors (Lipinski definition) is 2. The molecule has 0 aromatic rings. The predicted octanol–water partition coefficient (Wildman–Crippen LogP) is 0.757. The molecule has 11 heavy (non-hydrogen) atoms. The molecule has 0 spiro atoms. The lowest BCUT2D eigenvalue weighted by Crippen LogP contribution is -2.41. The first-order valence-electron chi connectivity index (χ1n) is 4.01. The fourth-order valence-corrected chi connectivity index (χ4v) is 1.82. The third-order valence-corrected chi connectivity index (χ3v) is 2.26. The molecule has 1 fully saturated rings. The van der Waals surface area contributed by atoms with Gasteiger partial charge in [-0.2, -0.15) is 0 Å². The highest BCUT2D eigenvalue weighted by molar-refractivity contribution is 6.90. The second kappa shape index (κ2) is 2.47. The van der Waals surface area contributed by atoms with Gasteiger partial charge in [-0.1, -0.05) is 26.6 Å². The van der Waals surface area contributed by atoms with E-state index in [0.717, 1.165) is 6.42 Å². The molecule has 0 N–H and O–H groups in total. The third-order valence-electron chi connectivity index (χ3n) is 2.26. The van der Waals surface area contributed by atoms with Crippen LogP contribution in [-0.2, 0) is 9.59 Å². The highest BCUT2D eigenvalue weighted by Crippen LogP contribution is 2.33. The Morgan fingerprint density at radius 1 is 1.45 bits per heavy atom. The van der Waals surface area contributed by atoms with Crippen LogP contribution in [0.3, 0.4) is 0 Å². The van der Waals surface area contributed by atoms with Crippen molar-refractivity contribution in [2.75, 3.05) is 0 Å². The summed E-state index contributed by atoms with van der Waals surface area (Å²) in [7, 11) is 0.447. The molecule has 0 aliphatic carbocycles. The first-order valence-corrected chi connectivity index (χ1v) is 4.01. The van der Waals surface area contributed by atoms with Gasteiger partial charge in [0.05, 0.1) is 0 Å². The topological polar surface area (TPSA) is 34.1 Å².